The summed E-state index contributed by atoms with van der Waals surface area (Å²) in [5, 5.41) is 0. The van der Waals surface area contributed by atoms with Crippen LogP contribution >= 0.6 is 41.0 Å². The first-order chi connectivity index (χ1) is 0. The molecule has 0 unspecified atom stereocenters. The summed E-state index contributed by atoms with van der Waals surface area (Å²) in [5.41, 5.74) is 0. The van der Waals surface area contributed by atoms with Gasteiger partial charge in [-0.1, -0.05) is 0 Å². The molecule has 0 aliphatic carbocycles. The van der Waals surface area contributed by atoms with Gasteiger partial charge in [0, 0.05) is 0 Å². The molecule has 0 nitrogen and oxygen atoms in total. The van der Waals surface area contributed by atoms with E-state index in [4.69, 9.17) is 0 Å². The summed E-state index contributed by atoms with van der Waals surface area (Å²) < 4.78 is 0. The van der Waals surface area contributed by atoms with E-state index in [0.29, 0.717) is 0 Å². The minimum absolute atomic E-state index is 0. The molecule has 0 aromatic carbocycles. The molecule has 0 heterocycles. The third-order valence-electron chi connectivity index (χ3n) is 0. The average Bonchev–Trinajstić information content (AvgIpc) is 0. The van der Waals surface area contributed by atoms with E-state index in [9.17, 15) is 0 Å². The molecule has 4 heavy (non-hydrogen) atoms. The van der Waals surface area contributed by atoms with E-state index in [1.54, 1.807) is 0 Å². The maximum absolute atomic E-state index is 0. The van der Waals surface area contributed by atoms with Crippen molar-refractivity contribution >= 4 is 68.3 Å². The summed E-state index contributed by atoms with van der Waals surface area (Å²) in [4.78, 5) is 0. The first-order valence-corrected chi connectivity index (χ1v) is 0. The fourth-order valence-corrected chi connectivity index (χ4v) is 0. The second-order valence-corrected chi connectivity index (χ2v) is 0. The van der Waals surface area contributed by atoms with Gasteiger partial charge in [-0.25, -0.2) is 0 Å². The summed E-state index contributed by atoms with van der Waals surface area (Å²) in [6.45, 7) is 0. The van der Waals surface area contributed by atoms with Gasteiger partial charge in [-0.05, 0) is 0 Å². The van der Waals surface area contributed by atoms with E-state index in [-0.39, 0.29) is 139 Å². The molecule has 0 N–H and O–H groups in total. The third-order valence-corrected chi connectivity index (χ3v) is 0. The summed E-state index contributed by atoms with van der Waals surface area (Å²) in [6.07, 6.45) is 0. The zero-order valence-electron chi connectivity index (χ0n) is 3.52. The average molecular weight is 552 g/mol. The zero-order valence-corrected chi connectivity index (χ0v) is 18.3. The van der Waals surface area contributed by atoms with Gasteiger partial charge in [0.25, 0.3) is 0 Å². The summed E-state index contributed by atoms with van der Waals surface area (Å²) in [6, 6.07) is 0. The van der Waals surface area contributed by atoms with Crippen LogP contribution in [0.2, 0.25) is 0 Å². The van der Waals surface area contributed by atoms with Crippen molar-refractivity contribution in [1.82, 2.24) is 0 Å². The van der Waals surface area contributed by atoms with Crippen LogP contribution in [0.5, 0.6) is 0 Å². The molecule has 0 aliphatic heterocycles. The van der Waals surface area contributed by atoms with Gasteiger partial charge in [-0.2, -0.15) is 0 Å². The van der Waals surface area contributed by atoms with E-state index in [2.05, 4.69) is 0 Å². The molecule has 0 bridgehead atoms. The molecular weight excluding hydrogens is 547 g/mol. The van der Waals surface area contributed by atoms with Crippen LogP contribution in [0.4, 0.5) is 0 Å². The van der Waals surface area contributed by atoms with Crippen LogP contribution in [0.1, 0.15) is 1.43 Å². The fourth-order valence-electron chi connectivity index (χ4n) is 0. The predicted octanol–water partition coefficient (Wildman–Crippen LogP) is -2.60. The number of halogens is 2. The number of hydrogen-bond donors (Lipinski definition) is 0. The van der Waals surface area contributed by atoms with Crippen molar-refractivity contribution in [3.05, 3.63) is 0 Å². The molecule has 0 saturated carbocycles. The van der Waals surface area contributed by atoms with Crippen LogP contribution in [0, 0.1) is 0 Å². The normalized spacial score (nSPS) is 0. The Morgan fingerprint density at radius 3 is 1.25 bits per heavy atom. The van der Waals surface area contributed by atoms with E-state index < -0.39 is 0 Å². The summed E-state index contributed by atoms with van der Waals surface area (Å²) in [7, 11) is 0. The Kier molecular flexibility index (Phi) is 94.7. The Labute approximate surface area is 134 Å². The Morgan fingerprint density at radius 1 is 1.25 bits per heavy atom. The zero-order chi connectivity index (χ0) is 0. The van der Waals surface area contributed by atoms with Crippen molar-refractivity contribution in [2.24, 2.45) is 0 Å². The molecule has 0 rings (SSSR count). The molecule has 0 aliphatic rings. The van der Waals surface area contributed by atoms with Crippen LogP contribution in [0.25, 0.3) is 0 Å². The predicted molar refractivity (Wildman–Crippen MR) is 35.4 cm³/mol. The minimum atomic E-state index is 0. The van der Waals surface area contributed by atoms with Crippen molar-refractivity contribution in [2.45, 2.75) is 0 Å². The van der Waals surface area contributed by atoms with Crippen molar-refractivity contribution in [2.75, 3.05) is 0 Å². The monoisotopic (exact) mass is 552 g/mol. The van der Waals surface area contributed by atoms with Gasteiger partial charge in [0.05, 0.1) is 0 Å². The van der Waals surface area contributed by atoms with Gasteiger partial charge in [-0.3, -0.25) is 0 Å². The van der Waals surface area contributed by atoms with Crippen LogP contribution in [-0.2, 0) is 0 Å². The molecular formula is H5BrCsIPb. The first kappa shape index (κ1) is 24.1. The van der Waals surface area contributed by atoms with Crippen molar-refractivity contribution in [3.63, 3.8) is 0 Å². The van der Waals surface area contributed by atoms with E-state index in [1.807, 2.05) is 0 Å². The molecule has 2 radical (unpaired) electrons. The van der Waals surface area contributed by atoms with Crippen LogP contribution in [0.15, 0.2) is 0 Å². The van der Waals surface area contributed by atoms with Gasteiger partial charge in [0.15, 0.2) is 0 Å². The van der Waals surface area contributed by atoms with E-state index in [1.165, 1.54) is 0 Å². The van der Waals surface area contributed by atoms with Crippen molar-refractivity contribution < 1.29 is 70.3 Å². The number of rotatable bonds is 0. The topological polar surface area (TPSA) is 0 Å². The van der Waals surface area contributed by atoms with Gasteiger partial charge < -0.3 is 1.43 Å². The van der Waals surface area contributed by atoms with Gasteiger partial charge in [-0.15, -0.1) is 41.0 Å². The molecule has 0 atom stereocenters. The van der Waals surface area contributed by atoms with Gasteiger partial charge >= 0.3 is 96.2 Å². The molecule has 0 aromatic rings. The van der Waals surface area contributed by atoms with E-state index in [0.717, 1.165) is 0 Å². The molecule has 0 spiro atoms. The third kappa shape index (κ3) is 9.49. The van der Waals surface area contributed by atoms with Crippen molar-refractivity contribution in [3.8, 4) is 0 Å². The Balaban J connectivity index is 0. The number of hydrogen-bond acceptors (Lipinski definition) is 0. The summed E-state index contributed by atoms with van der Waals surface area (Å²) >= 11 is 0. The van der Waals surface area contributed by atoms with Crippen LogP contribution in [0.3, 0.4) is 0 Å². The van der Waals surface area contributed by atoms with Gasteiger partial charge in [0.1, 0.15) is 0 Å². The van der Waals surface area contributed by atoms with E-state index >= 15 is 0 Å². The molecule has 0 aromatic heterocycles. The second kappa shape index (κ2) is 15.7. The van der Waals surface area contributed by atoms with Crippen molar-refractivity contribution in [1.29, 1.82) is 0 Å². The maximum atomic E-state index is 0. The Hall–Kier alpha value is 4.18. The molecule has 0 saturated heterocycles. The van der Waals surface area contributed by atoms with Crippen LogP contribution in [-0.4, -0.2) is 27.3 Å². The Morgan fingerprint density at radius 2 is 1.25 bits per heavy atom. The second-order valence-electron chi connectivity index (χ2n) is 0. The van der Waals surface area contributed by atoms with Crippen LogP contribution < -0.4 is 68.9 Å². The van der Waals surface area contributed by atoms with Gasteiger partial charge in [0.2, 0.25) is 0 Å². The molecule has 4 heteroatoms. The summed E-state index contributed by atoms with van der Waals surface area (Å²) in [5.74, 6) is 0. The molecule has 0 amide bonds. The fraction of sp³-hybridized carbons (Fsp3) is 0. The standard InChI is InChI=1S/BrH.Cs.HI.Pb.3H/h1H;;1H;;;;/q;+1;;;;;-1. The quantitative estimate of drug-likeness (QED) is 0.229. The Bertz CT molecular complexity index is 11.6. The SMILES string of the molecule is Br.I.[Cs+].[H-].[PbH2]. The molecule has 24 valence electrons. The molecule has 0 fully saturated rings. The first-order valence-electron chi connectivity index (χ1n) is 0.